The zero-order valence-electron chi connectivity index (χ0n) is 9.40. The van der Waals surface area contributed by atoms with Crippen molar-refractivity contribution >= 4 is 0 Å². The molecule has 0 fully saturated rings. The fraction of sp³-hybridized carbons (Fsp3) is 0.500. The van der Waals surface area contributed by atoms with Gasteiger partial charge in [-0.15, -0.1) is 0 Å². The Kier molecular flexibility index (Phi) is 4.21. The number of nitrogens with one attached hydrogen (secondary N) is 1. The molecule has 0 bridgehead atoms. The van der Waals surface area contributed by atoms with E-state index >= 15 is 0 Å². The molecule has 1 unspecified atom stereocenters. The number of rotatable bonds is 4. The zero-order valence-corrected chi connectivity index (χ0v) is 9.40. The molecule has 15 heavy (non-hydrogen) atoms. The molecule has 1 atom stereocenters. The molecule has 0 aromatic heterocycles. The molecule has 1 N–H and O–H groups in total. The minimum absolute atomic E-state index is 0.0331. The van der Waals surface area contributed by atoms with Crippen LogP contribution in [0.15, 0.2) is 12.1 Å². The Morgan fingerprint density at radius 3 is 2.47 bits per heavy atom. The summed E-state index contributed by atoms with van der Waals surface area (Å²) in [7, 11) is 1.79. The van der Waals surface area contributed by atoms with Gasteiger partial charge in [0, 0.05) is 17.7 Å². The lowest BCUT2D eigenvalue weighted by Gasteiger charge is -2.17. The molecule has 1 aromatic rings. The Morgan fingerprint density at radius 1 is 1.27 bits per heavy atom. The van der Waals surface area contributed by atoms with Gasteiger partial charge in [0.1, 0.15) is 11.6 Å². The normalized spacial score (nSPS) is 12.9. The smallest absolute Gasteiger partial charge is 0.130 e. The lowest BCUT2D eigenvalue weighted by atomic mass is 10.00. The van der Waals surface area contributed by atoms with Crippen molar-refractivity contribution in [3.05, 3.63) is 34.9 Å². The number of aryl methyl sites for hydroxylation is 1. The molecule has 3 heteroatoms. The molecule has 0 saturated heterocycles. The van der Waals surface area contributed by atoms with E-state index in [2.05, 4.69) is 5.32 Å². The summed E-state index contributed by atoms with van der Waals surface area (Å²) in [5, 5.41) is 3.04. The predicted octanol–water partition coefficient (Wildman–Crippen LogP) is 3.33. The van der Waals surface area contributed by atoms with Gasteiger partial charge in [0.2, 0.25) is 0 Å². The van der Waals surface area contributed by atoms with E-state index < -0.39 is 11.6 Å². The van der Waals surface area contributed by atoms with Crippen LogP contribution in [0.25, 0.3) is 0 Å². The minimum atomic E-state index is -0.484. The topological polar surface area (TPSA) is 12.0 Å². The SMILES string of the molecule is CCCC(NC)c1cc(C)c(F)cc1F. The first-order valence-corrected chi connectivity index (χ1v) is 5.23. The highest BCUT2D eigenvalue weighted by Crippen LogP contribution is 2.23. The van der Waals surface area contributed by atoms with Gasteiger partial charge in [0.25, 0.3) is 0 Å². The second-order valence-corrected chi connectivity index (χ2v) is 3.75. The fourth-order valence-corrected chi connectivity index (χ4v) is 1.69. The third-order valence-corrected chi connectivity index (χ3v) is 2.58. The van der Waals surface area contributed by atoms with Gasteiger partial charge in [-0.05, 0) is 32.0 Å². The van der Waals surface area contributed by atoms with Gasteiger partial charge in [-0.1, -0.05) is 13.3 Å². The summed E-state index contributed by atoms with van der Waals surface area (Å²) in [5.74, 6) is -0.950. The first-order valence-electron chi connectivity index (χ1n) is 5.23. The van der Waals surface area contributed by atoms with Gasteiger partial charge in [-0.2, -0.15) is 0 Å². The van der Waals surface area contributed by atoms with E-state index in [1.165, 1.54) is 0 Å². The molecule has 0 saturated carbocycles. The van der Waals surface area contributed by atoms with Crippen molar-refractivity contribution in [2.24, 2.45) is 0 Å². The van der Waals surface area contributed by atoms with Crippen LogP contribution in [0.2, 0.25) is 0 Å². The monoisotopic (exact) mass is 213 g/mol. The Morgan fingerprint density at radius 2 is 1.93 bits per heavy atom. The van der Waals surface area contributed by atoms with Crippen molar-refractivity contribution in [1.29, 1.82) is 0 Å². The van der Waals surface area contributed by atoms with Crippen LogP contribution in [0.5, 0.6) is 0 Å². The van der Waals surface area contributed by atoms with Crippen LogP contribution in [0.3, 0.4) is 0 Å². The summed E-state index contributed by atoms with van der Waals surface area (Å²) < 4.78 is 26.6. The van der Waals surface area contributed by atoms with E-state index in [4.69, 9.17) is 0 Å². The number of halogens is 2. The molecule has 0 aliphatic heterocycles. The average Bonchev–Trinajstić information content (AvgIpc) is 2.20. The van der Waals surface area contributed by atoms with Crippen molar-refractivity contribution in [2.45, 2.75) is 32.7 Å². The van der Waals surface area contributed by atoms with E-state index in [1.54, 1.807) is 20.0 Å². The number of hydrogen-bond donors (Lipinski definition) is 1. The standard InChI is InChI=1S/C12H17F2N/c1-4-5-12(15-3)9-6-8(2)10(13)7-11(9)14/h6-7,12,15H,4-5H2,1-3H3. The van der Waals surface area contributed by atoms with Crippen molar-refractivity contribution in [2.75, 3.05) is 7.05 Å². The fourth-order valence-electron chi connectivity index (χ4n) is 1.69. The second kappa shape index (κ2) is 5.21. The highest BCUT2D eigenvalue weighted by atomic mass is 19.1. The van der Waals surface area contributed by atoms with Gasteiger partial charge >= 0.3 is 0 Å². The third-order valence-electron chi connectivity index (χ3n) is 2.58. The zero-order chi connectivity index (χ0) is 11.4. The number of hydrogen-bond acceptors (Lipinski definition) is 1. The lowest BCUT2D eigenvalue weighted by molar-refractivity contribution is 0.495. The number of benzene rings is 1. The molecule has 0 radical (unpaired) electrons. The van der Waals surface area contributed by atoms with Crippen molar-refractivity contribution < 1.29 is 8.78 Å². The molecule has 1 aromatic carbocycles. The molecule has 1 nitrogen and oxygen atoms in total. The second-order valence-electron chi connectivity index (χ2n) is 3.75. The highest BCUT2D eigenvalue weighted by Gasteiger charge is 2.15. The van der Waals surface area contributed by atoms with Gasteiger partial charge in [0.05, 0.1) is 0 Å². The van der Waals surface area contributed by atoms with Gasteiger partial charge in [-0.25, -0.2) is 8.78 Å². The molecular weight excluding hydrogens is 196 g/mol. The van der Waals surface area contributed by atoms with Crippen LogP contribution in [0, 0.1) is 18.6 Å². The van der Waals surface area contributed by atoms with E-state index in [1.807, 2.05) is 6.92 Å². The Labute approximate surface area is 89.5 Å². The first-order chi connectivity index (χ1) is 7.10. The minimum Gasteiger partial charge on any atom is -0.313 e. The lowest BCUT2D eigenvalue weighted by Crippen LogP contribution is -2.17. The Balaban J connectivity index is 3.06. The third kappa shape index (κ3) is 2.75. The molecule has 0 heterocycles. The maximum Gasteiger partial charge on any atom is 0.130 e. The summed E-state index contributed by atoms with van der Waals surface area (Å²) >= 11 is 0. The largest absolute Gasteiger partial charge is 0.313 e. The van der Waals surface area contributed by atoms with Crippen LogP contribution in [0.1, 0.15) is 36.9 Å². The molecule has 1 rings (SSSR count). The van der Waals surface area contributed by atoms with E-state index in [0.717, 1.165) is 18.9 Å². The summed E-state index contributed by atoms with van der Waals surface area (Å²) in [6.07, 6.45) is 1.81. The van der Waals surface area contributed by atoms with Crippen molar-refractivity contribution in [3.8, 4) is 0 Å². The Hall–Kier alpha value is -0.960. The van der Waals surface area contributed by atoms with Crippen LogP contribution in [-0.2, 0) is 0 Å². The summed E-state index contributed by atoms with van der Waals surface area (Å²) in [5.41, 5.74) is 1.04. The molecule has 0 amide bonds. The average molecular weight is 213 g/mol. The predicted molar refractivity (Wildman–Crippen MR) is 57.8 cm³/mol. The summed E-state index contributed by atoms with van der Waals surface area (Å²) in [6.45, 7) is 3.69. The molecule has 84 valence electrons. The molecule has 0 aliphatic rings. The van der Waals surface area contributed by atoms with E-state index in [0.29, 0.717) is 11.1 Å². The quantitative estimate of drug-likeness (QED) is 0.808. The maximum atomic E-state index is 13.5. The molecule has 0 aliphatic carbocycles. The van der Waals surface area contributed by atoms with Gasteiger partial charge in [0.15, 0.2) is 0 Å². The van der Waals surface area contributed by atoms with Crippen LogP contribution < -0.4 is 5.32 Å². The van der Waals surface area contributed by atoms with Gasteiger partial charge in [-0.3, -0.25) is 0 Å². The summed E-state index contributed by atoms with van der Waals surface area (Å²) in [4.78, 5) is 0. The molecule has 0 spiro atoms. The first kappa shape index (κ1) is 12.1. The van der Waals surface area contributed by atoms with Crippen LogP contribution >= 0.6 is 0 Å². The maximum absolute atomic E-state index is 13.5. The van der Waals surface area contributed by atoms with Crippen molar-refractivity contribution in [1.82, 2.24) is 5.32 Å². The summed E-state index contributed by atoms with van der Waals surface area (Å²) in [6, 6.07) is 2.51. The molecular formula is C12H17F2N. The highest BCUT2D eigenvalue weighted by molar-refractivity contribution is 5.28. The Bertz CT molecular complexity index is 337. The van der Waals surface area contributed by atoms with Gasteiger partial charge < -0.3 is 5.32 Å². The van der Waals surface area contributed by atoms with Crippen molar-refractivity contribution in [3.63, 3.8) is 0 Å². The van der Waals surface area contributed by atoms with E-state index in [9.17, 15) is 8.78 Å². The van der Waals surface area contributed by atoms with E-state index in [-0.39, 0.29) is 6.04 Å². The van der Waals surface area contributed by atoms with Crippen LogP contribution in [-0.4, -0.2) is 7.05 Å². The van der Waals surface area contributed by atoms with Crippen LogP contribution in [0.4, 0.5) is 8.78 Å².